The number of carbonyl (C=O) groups excluding carboxylic acids is 1. The fourth-order valence-electron chi connectivity index (χ4n) is 4.06. The Bertz CT molecular complexity index is 1140. The second-order valence-electron chi connectivity index (χ2n) is 7.90. The van der Waals surface area contributed by atoms with Gasteiger partial charge in [-0.05, 0) is 62.3 Å². The maximum Gasteiger partial charge on any atom is 0.244 e. The molecular formula is C20H25N3O6S2. The van der Waals surface area contributed by atoms with E-state index in [1.54, 1.807) is 19.3 Å². The zero-order valence-electron chi connectivity index (χ0n) is 17.1. The molecular weight excluding hydrogens is 442 g/mol. The van der Waals surface area contributed by atoms with Gasteiger partial charge < -0.3 is 4.42 Å². The van der Waals surface area contributed by atoms with Crippen molar-refractivity contribution in [3.8, 4) is 0 Å². The van der Waals surface area contributed by atoms with Gasteiger partial charge in [0.2, 0.25) is 26.0 Å². The number of amides is 1. The molecule has 31 heavy (non-hydrogen) atoms. The number of rotatable bonds is 7. The largest absolute Gasteiger partial charge is 0.468 e. The number of sulfonamides is 2. The van der Waals surface area contributed by atoms with Crippen LogP contribution in [0.15, 0.2) is 52.0 Å². The molecule has 9 nitrogen and oxygen atoms in total. The number of furan rings is 1. The van der Waals surface area contributed by atoms with Crippen molar-refractivity contribution in [3.63, 3.8) is 0 Å². The van der Waals surface area contributed by atoms with E-state index in [1.807, 2.05) is 6.07 Å². The van der Waals surface area contributed by atoms with Gasteiger partial charge in [-0.1, -0.05) is 6.92 Å². The highest BCUT2D eigenvalue weighted by molar-refractivity contribution is 7.94. The number of likely N-dealkylation sites (tertiary alicyclic amines) is 1. The van der Waals surface area contributed by atoms with Gasteiger partial charge in [-0.2, -0.15) is 0 Å². The van der Waals surface area contributed by atoms with Crippen LogP contribution in [0.1, 0.15) is 31.6 Å². The van der Waals surface area contributed by atoms with Gasteiger partial charge in [0.1, 0.15) is 5.76 Å². The van der Waals surface area contributed by atoms with Crippen molar-refractivity contribution >= 4 is 31.6 Å². The molecule has 1 aromatic carbocycles. The lowest BCUT2D eigenvalue weighted by Gasteiger charge is -2.26. The molecule has 11 heteroatoms. The van der Waals surface area contributed by atoms with Crippen molar-refractivity contribution in [1.82, 2.24) is 9.62 Å². The Kier molecular flexibility index (Phi) is 5.95. The van der Waals surface area contributed by atoms with Crippen molar-refractivity contribution in [1.29, 1.82) is 0 Å². The second kappa shape index (κ2) is 8.38. The van der Waals surface area contributed by atoms with Gasteiger partial charge in [0, 0.05) is 6.54 Å². The van der Waals surface area contributed by atoms with Crippen molar-refractivity contribution in [3.05, 3.63) is 48.4 Å². The third kappa shape index (κ3) is 4.40. The summed E-state index contributed by atoms with van der Waals surface area (Å²) in [7, 11) is -7.58. The predicted octanol–water partition coefficient (Wildman–Crippen LogP) is 1.71. The molecule has 2 fully saturated rings. The highest BCUT2D eigenvalue weighted by atomic mass is 32.2. The Morgan fingerprint density at radius 1 is 1.16 bits per heavy atom. The molecule has 168 valence electrons. The number of nitrogens with one attached hydrogen (secondary N) is 1. The van der Waals surface area contributed by atoms with Crippen LogP contribution in [0.25, 0.3) is 0 Å². The Balaban J connectivity index is 1.50. The van der Waals surface area contributed by atoms with E-state index in [-0.39, 0.29) is 28.9 Å². The lowest BCUT2D eigenvalue weighted by Crippen LogP contribution is -2.36. The molecule has 2 unspecified atom stereocenters. The Hall–Kier alpha value is -2.21. The minimum atomic E-state index is -3.84. The van der Waals surface area contributed by atoms with Crippen LogP contribution in [0, 0.1) is 5.92 Å². The van der Waals surface area contributed by atoms with E-state index >= 15 is 0 Å². The predicted molar refractivity (Wildman–Crippen MR) is 114 cm³/mol. The van der Waals surface area contributed by atoms with E-state index in [4.69, 9.17) is 4.42 Å². The number of hydrogen-bond acceptors (Lipinski definition) is 7. The average molecular weight is 468 g/mol. The molecule has 0 aliphatic carbocycles. The fourth-order valence-corrected chi connectivity index (χ4v) is 6.92. The quantitative estimate of drug-likeness (QED) is 0.659. The van der Waals surface area contributed by atoms with Crippen molar-refractivity contribution in [2.45, 2.75) is 30.7 Å². The first-order chi connectivity index (χ1) is 14.7. The number of benzene rings is 1. The van der Waals surface area contributed by atoms with Gasteiger partial charge in [-0.3, -0.25) is 9.69 Å². The molecule has 2 saturated heterocycles. The summed E-state index contributed by atoms with van der Waals surface area (Å²) in [5.74, 6) is -0.690. The normalized spacial score (nSPS) is 22.8. The number of anilines is 1. The molecule has 2 aliphatic rings. The van der Waals surface area contributed by atoms with E-state index < -0.39 is 31.9 Å². The minimum absolute atomic E-state index is 0.00652. The minimum Gasteiger partial charge on any atom is -0.468 e. The van der Waals surface area contributed by atoms with E-state index in [0.29, 0.717) is 5.76 Å². The molecule has 2 aliphatic heterocycles. The Labute approximate surface area is 182 Å². The van der Waals surface area contributed by atoms with Crippen LogP contribution in [-0.4, -0.2) is 53.0 Å². The van der Waals surface area contributed by atoms with E-state index in [2.05, 4.69) is 9.62 Å². The fraction of sp³-hybridized carbons (Fsp3) is 0.450. The summed E-state index contributed by atoms with van der Waals surface area (Å²) < 4.78 is 59.1. The number of nitrogens with zero attached hydrogens (tertiary/aromatic N) is 2. The standard InChI is InChI=1S/C20H25N3O6S2/c1-15-14-30(25,26)23(20(15)24)16-6-8-17(9-7-16)31(27,28)21-13-18(19-5-4-12-29-19)22-10-2-3-11-22/h4-9,12,15,18,21H,2-3,10-11,13-14H2,1H3. The third-order valence-corrected chi connectivity index (χ3v) is 8.97. The van der Waals surface area contributed by atoms with Crippen LogP contribution in [-0.2, 0) is 24.8 Å². The van der Waals surface area contributed by atoms with Crippen LogP contribution in [0.5, 0.6) is 0 Å². The lowest BCUT2D eigenvalue weighted by atomic mass is 10.2. The highest BCUT2D eigenvalue weighted by Gasteiger charge is 2.42. The summed E-state index contributed by atoms with van der Waals surface area (Å²) in [5.41, 5.74) is 0.138. The molecule has 1 N–H and O–H groups in total. The Morgan fingerprint density at radius 3 is 2.39 bits per heavy atom. The lowest BCUT2D eigenvalue weighted by molar-refractivity contribution is -0.119. The van der Waals surface area contributed by atoms with Gasteiger partial charge in [-0.15, -0.1) is 0 Å². The Morgan fingerprint density at radius 2 is 1.84 bits per heavy atom. The first kappa shape index (κ1) is 22.0. The van der Waals surface area contributed by atoms with E-state index in [0.717, 1.165) is 30.2 Å². The van der Waals surface area contributed by atoms with Gasteiger partial charge in [0.25, 0.3) is 0 Å². The molecule has 1 amide bonds. The van der Waals surface area contributed by atoms with Crippen LogP contribution in [0.4, 0.5) is 5.69 Å². The van der Waals surface area contributed by atoms with Crippen LogP contribution >= 0.6 is 0 Å². The first-order valence-electron chi connectivity index (χ1n) is 10.1. The van der Waals surface area contributed by atoms with Gasteiger partial charge in [0.05, 0.1) is 34.6 Å². The van der Waals surface area contributed by atoms with E-state index in [9.17, 15) is 21.6 Å². The van der Waals surface area contributed by atoms with Gasteiger partial charge >= 0.3 is 0 Å². The van der Waals surface area contributed by atoms with Gasteiger partial charge in [-0.25, -0.2) is 25.9 Å². The van der Waals surface area contributed by atoms with Crippen LogP contribution in [0.3, 0.4) is 0 Å². The summed E-state index contributed by atoms with van der Waals surface area (Å²) in [5, 5.41) is 0. The molecule has 1 aromatic heterocycles. The molecule has 2 aromatic rings. The number of carbonyl (C=O) groups is 1. The summed E-state index contributed by atoms with van der Waals surface area (Å²) >= 11 is 0. The topological polar surface area (TPSA) is 117 Å². The molecule has 0 spiro atoms. The second-order valence-corrected chi connectivity index (χ2v) is 11.5. The molecule has 0 bridgehead atoms. The monoisotopic (exact) mass is 467 g/mol. The zero-order chi connectivity index (χ0) is 22.2. The van der Waals surface area contributed by atoms with Crippen molar-refractivity contribution in [2.24, 2.45) is 5.92 Å². The smallest absolute Gasteiger partial charge is 0.244 e. The molecule has 3 heterocycles. The summed E-state index contributed by atoms with van der Waals surface area (Å²) in [6.07, 6.45) is 3.69. The number of hydrogen-bond donors (Lipinski definition) is 1. The van der Waals surface area contributed by atoms with Crippen LogP contribution < -0.4 is 9.03 Å². The molecule has 2 atom stereocenters. The highest BCUT2D eigenvalue weighted by Crippen LogP contribution is 2.29. The molecule has 0 radical (unpaired) electrons. The SMILES string of the molecule is CC1CS(=O)(=O)N(c2ccc(S(=O)(=O)NCC(c3ccco3)N3CCCC3)cc2)C1=O. The maximum atomic E-state index is 12.8. The van der Waals surface area contributed by atoms with Crippen LogP contribution in [0.2, 0.25) is 0 Å². The summed E-state index contributed by atoms with van der Waals surface area (Å²) in [4.78, 5) is 14.4. The molecule has 4 rings (SSSR count). The van der Waals surface area contributed by atoms with Crippen molar-refractivity contribution in [2.75, 3.05) is 29.7 Å². The summed E-state index contributed by atoms with van der Waals surface area (Å²) in [6, 6.07) is 8.70. The molecule has 0 saturated carbocycles. The third-order valence-electron chi connectivity index (χ3n) is 5.66. The first-order valence-corrected chi connectivity index (χ1v) is 13.2. The summed E-state index contributed by atoms with van der Waals surface area (Å²) in [6.45, 7) is 3.45. The maximum absolute atomic E-state index is 12.8. The zero-order valence-corrected chi connectivity index (χ0v) is 18.7. The average Bonchev–Trinajstić information content (AvgIpc) is 3.45. The van der Waals surface area contributed by atoms with Gasteiger partial charge in [0.15, 0.2) is 0 Å². The van der Waals surface area contributed by atoms with Crippen molar-refractivity contribution < 1.29 is 26.0 Å². The van der Waals surface area contributed by atoms with E-state index in [1.165, 1.54) is 24.3 Å².